The molecule has 0 atom stereocenters. The molecule has 0 aliphatic heterocycles. The maximum absolute atomic E-state index is 12.4. The second-order valence-electron chi connectivity index (χ2n) is 4.00. The van der Waals surface area contributed by atoms with Crippen molar-refractivity contribution in [3.63, 3.8) is 0 Å². The number of pyridine rings is 1. The van der Waals surface area contributed by atoms with E-state index in [1.807, 2.05) is 0 Å². The van der Waals surface area contributed by atoms with Gasteiger partial charge in [0, 0.05) is 5.69 Å². The van der Waals surface area contributed by atoms with Crippen molar-refractivity contribution in [1.82, 2.24) is 4.98 Å². The van der Waals surface area contributed by atoms with E-state index in [-0.39, 0.29) is 5.69 Å². The summed E-state index contributed by atoms with van der Waals surface area (Å²) in [6.45, 7) is 0. The van der Waals surface area contributed by atoms with Crippen LogP contribution in [0.5, 0.6) is 0 Å². The molecule has 110 valence electrons. The van der Waals surface area contributed by atoms with Gasteiger partial charge in [-0.15, -0.1) is 0 Å². The summed E-state index contributed by atoms with van der Waals surface area (Å²) in [5.41, 5.74) is -0.530. The molecule has 0 aliphatic carbocycles. The molecule has 2 amide bonds. The quantitative estimate of drug-likeness (QED) is 0.775. The van der Waals surface area contributed by atoms with E-state index in [4.69, 9.17) is 0 Å². The highest BCUT2D eigenvalue weighted by molar-refractivity contribution is 9.10. The van der Waals surface area contributed by atoms with Gasteiger partial charge < -0.3 is 5.32 Å². The minimum Gasteiger partial charge on any atom is -0.308 e. The molecule has 2 aromatic rings. The van der Waals surface area contributed by atoms with Gasteiger partial charge in [0.2, 0.25) is 0 Å². The smallest absolute Gasteiger partial charge is 0.308 e. The summed E-state index contributed by atoms with van der Waals surface area (Å²) in [4.78, 5) is 15.7. The summed E-state index contributed by atoms with van der Waals surface area (Å²) in [6, 6.07) is 8.51. The molecule has 4 nitrogen and oxygen atoms in total. The summed E-state index contributed by atoms with van der Waals surface area (Å²) in [7, 11) is 0. The van der Waals surface area contributed by atoms with Crippen LogP contribution in [-0.4, -0.2) is 11.0 Å². The van der Waals surface area contributed by atoms with E-state index in [0.29, 0.717) is 10.4 Å². The first-order chi connectivity index (χ1) is 9.84. The summed E-state index contributed by atoms with van der Waals surface area (Å²) < 4.78 is 37.7. The van der Waals surface area contributed by atoms with Crippen molar-refractivity contribution in [1.29, 1.82) is 0 Å². The first kappa shape index (κ1) is 15.3. The van der Waals surface area contributed by atoms with Crippen LogP contribution in [0.15, 0.2) is 47.1 Å². The average molecular weight is 360 g/mol. The molecule has 0 aliphatic rings. The third kappa shape index (κ3) is 4.45. The van der Waals surface area contributed by atoms with Crippen LogP contribution in [0.1, 0.15) is 5.56 Å². The molecule has 0 saturated heterocycles. The highest BCUT2D eigenvalue weighted by Gasteiger charge is 2.29. The lowest BCUT2D eigenvalue weighted by Gasteiger charge is -2.09. The summed E-state index contributed by atoms with van der Waals surface area (Å²) in [5.74, 6) is 0.314. The summed E-state index contributed by atoms with van der Waals surface area (Å²) in [6.07, 6.45) is -4.40. The fourth-order valence-corrected chi connectivity index (χ4v) is 1.84. The molecule has 0 saturated carbocycles. The number of benzene rings is 1. The number of carbonyl (C=O) groups is 1. The van der Waals surface area contributed by atoms with Gasteiger partial charge in [-0.25, -0.2) is 9.78 Å². The zero-order chi connectivity index (χ0) is 15.5. The number of aromatic nitrogens is 1. The minimum atomic E-state index is -4.40. The molecule has 0 bridgehead atoms. The van der Waals surface area contributed by atoms with Crippen LogP contribution in [0.3, 0.4) is 0 Å². The van der Waals surface area contributed by atoms with Gasteiger partial charge in [-0.1, -0.05) is 6.07 Å². The lowest BCUT2D eigenvalue weighted by Crippen LogP contribution is -2.20. The van der Waals surface area contributed by atoms with Crippen LogP contribution >= 0.6 is 15.9 Å². The van der Waals surface area contributed by atoms with Crippen LogP contribution in [0.25, 0.3) is 0 Å². The van der Waals surface area contributed by atoms with Crippen molar-refractivity contribution in [2.75, 3.05) is 10.6 Å². The average Bonchev–Trinajstić information content (AvgIpc) is 2.38. The summed E-state index contributed by atoms with van der Waals surface area (Å²) >= 11 is 3.16. The van der Waals surface area contributed by atoms with E-state index in [1.54, 1.807) is 18.2 Å². The van der Waals surface area contributed by atoms with Crippen LogP contribution in [-0.2, 0) is 6.18 Å². The van der Waals surface area contributed by atoms with E-state index in [0.717, 1.165) is 12.1 Å². The number of anilines is 2. The van der Waals surface area contributed by atoms with E-state index in [1.165, 1.54) is 12.1 Å². The number of carbonyl (C=O) groups excluding carboxylic acids is 1. The Hall–Kier alpha value is -2.09. The molecule has 8 heteroatoms. The SMILES string of the molecule is O=C(Nc1ccc(C(F)(F)F)cc1)Nc1cccc(Br)n1. The fraction of sp³-hybridized carbons (Fsp3) is 0.0769. The van der Waals surface area contributed by atoms with Crippen LogP contribution in [0, 0.1) is 0 Å². The number of urea groups is 1. The Bertz CT molecular complexity index is 644. The number of rotatable bonds is 2. The normalized spacial score (nSPS) is 11.0. The predicted molar refractivity (Wildman–Crippen MR) is 76.0 cm³/mol. The monoisotopic (exact) mass is 359 g/mol. The lowest BCUT2D eigenvalue weighted by molar-refractivity contribution is -0.137. The Morgan fingerprint density at radius 3 is 2.29 bits per heavy atom. The Kier molecular flexibility index (Phi) is 4.46. The van der Waals surface area contributed by atoms with Gasteiger partial charge in [0.05, 0.1) is 5.56 Å². The van der Waals surface area contributed by atoms with E-state index >= 15 is 0 Å². The molecule has 0 spiro atoms. The first-order valence-electron chi connectivity index (χ1n) is 5.72. The van der Waals surface area contributed by atoms with E-state index in [2.05, 4.69) is 31.5 Å². The maximum atomic E-state index is 12.4. The van der Waals surface area contributed by atoms with Gasteiger partial charge in [0.1, 0.15) is 10.4 Å². The molecule has 0 fully saturated rings. The van der Waals surface area contributed by atoms with Crippen molar-refractivity contribution in [3.8, 4) is 0 Å². The van der Waals surface area contributed by atoms with Crippen molar-refractivity contribution in [2.45, 2.75) is 6.18 Å². The molecule has 1 aromatic carbocycles. The predicted octanol–water partition coefficient (Wildman–Crippen LogP) is 4.51. The number of hydrogen-bond donors (Lipinski definition) is 2. The molecule has 2 N–H and O–H groups in total. The molecular formula is C13H9BrF3N3O. The fourth-order valence-electron chi connectivity index (χ4n) is 1.50. The maximum Gasteiger partial charge on any atom is 0.416 e. The Morgan fingerprint density at radius 1 is 1.05 bits per heavy atom. The highest BCUT2D eigenvalue weighted by Crippen LogP contribution is 2.29. The van der Waals surface area contributed by atoms with Crippen molar-refractivity contribution in [3.05, 3.63) is 52.6 Å². The van der Waals surface area contributed by atoms with Crippen LogP contribution in [0.2, 0.25) is 0 Å². The summed E-state index contributed by atoms with van der Waals surface area (Å²) in [5, 5.41) is 4.88. The molecule has 1 aromatic heterocycles. The number of halogens is 4. The standard InChI is InChI=1S/C13H9BrF3N3O/c14-10-2-1-3-11(19-10)20-12(21)18-9-6-4-8(5-7-9)13(15,16)17/h1-7H,(H2,18,19,20,21). The number of nitrogens with zero attached hydrogens (tertiary/aromatic N) is 1. The van der Waals surface area contributed by atoms with Gasteiger partial charge in [-0.3, -0.25) is 5.32 Å². The molecular weight excluding hydrogens is 351 g/mol. The number of hydrogen-bond acceptors (Lipinski definition) is 2. The second-order valence-corrected chi connectivity index (χ2v) is 4.81. The zero-order valence-corrected chi connectivity index (χ0v) is 12.0. The third-order valence-electron chi connectivity index (χ3n) is 2.43. The molecule has 0 unspecified atom stereocenters. The number of nitrogens with one attached hydrogen (secondary N) is 2. The number of alkyl halides is 3. The molecule has 0 radical (unpaired) electrons. The highest BCUT2D eigenvalue weighted by atomic mass is 79.9. The lowest BCUT2D eigenvalue weighted by atomic mass is 10.2. The van der Waals surface area contributed by atoms with Crippen molar-refractivity contribution < 1.29 is 18.0 Å². The Labute approximate surface area is 126 Å². The minimum absolute atomic E-state index is 0.246. The largest absolute Gasteiger partial charge is 0.416 e. The van der Waals surface area contributed by atoms with Gasteiger partial charge in [0.15, 0.2) is 0 Å². The molecule has 1 heterocycles. The Morgan fingerprint density at radius 2 is 1.71 bits per heavy atom. The Balaban J connectivity index is 2.00. The van der Waals surface area contributed by atoms with Gasteiger partial charge >= 0.3 is 12.2 Å². The van der Waals surface area contributed by atoms with E-state index < -0.39 is 17.8 Å². The topological polar surface area (TPSA) is 54.0 Å². The second kappa shape index (κ2) is 6.13. The van der Waals surface area contributed by atoms with Crippen molar-refractivity contribution in [2.24, 2.45) is 0 Å². The first-order valence-corrected chi connectivity index (χ1v) is 6.52. The van der Waals surface area contributed by atoms with Gasteiger partial charge in [0.25, 0.3) is 0 Å². The number of amides is 2. The van der Waals surface area contributed by atoms with Crippen LogP contribution in [0.4, 0.5) is 29.5 Å². The van der Waals surface area contributed by atoms with Gasteiger partial charge in [-0.2, -0.15) is 13.2 Å². The van der Waals surface area contributed by atoms with E-state index in [9.17, 15) is 18.0 Å². The molecule has 21 heavy (non-hydrogen) atoms. The van der Waals surface area contributed by atoms with Crippen LogP contribution < -0.4 is 10.6 Å². The molecule has 2 rings (SSSR count). The third-order valence-corrected chi connectivity index (χ3v) is 2.87. The zero-order valence-electron chi connectivity index (χ0n) is 10.4. The van der Waals surface area contributed by atoms with Crippen molar-refractivity contribution >= 4 is 33.5 Å². The van der Waals surface area contributed by atoms with Gasteiger partial charge in [-0.05, 0) is 52.3 Å².